The maximum Gasteiger partial charge on any atom is 0.416 e. The molecule has 1 aromatic heterocycles. The molecule has 3 nitrogen and oxygen atoms in total. The first-order chi connectivity index (χ1) is 9.50. The lowest BCUT2D eigenvalue weighted by Crippen LogP contribution is -2.12. The second-order valence-corrected chi connectivity index (χ2v) is 6.75. The first-order valence-corrected chi connectivity index (χ1v) is 7.01. The van der Waals surface area contributed by atoms with Crippen molar-refractivity contribution in [3.05, 3.63) is 17.7 Å². The van der Waals surface area contributed by atoms with Crippen LogP contribution in [0.1, 0.15) is 33.3 Å². The summed E-state index contributed by atoms with van der Waals surface area (Å²) in [4.78, 5) is 4.14. The van der Waals surface area contributed by atoms with Gasteiger partial charge in [0, 0.05) is 13.6 Å². The molecule has 1 aromatic rings. The summed E-state index contributed by atoms with van der Waals surface area (Å²) in [5.41, 5.74) is -0.320. The SMILES string of the molecule is CNc1cc(C(F)(F)F)cc(NCC2C(C)(C)C2(C)C)n1. The Morgan fingerprint density at radius 3 is 2.05 bits per heavy atom. The van der Waals surface area contributed by atoms with Crippen molar-refractivity contribution in [3.8, 4) is 0 Å². The van der Waals surface area contributed by atoms with E-state index in [0.717, 1.165) is 12.1 Å². The molecule has 0 saturated heterocycles. The van der Waals surface area contributed by atoms with Gasteiger partial charge in [0.25, 0.3) is 0 Å². The Balaban J connectivity index is 2.14. The fraction of sp³-hybridized carbons (Fsp3) is 0.667. The Kier molecular flexibility index (Phi) is 3.62. The van der Waals surface area contributed by atoms with E-state index in [2.05, 4.69) is 43.3 Å². The second-order valence-electron chi connectivity index (χ2n) is 6.75. The summed E-state index contributed by atoms with van der Waals surface area (Å²) in [6, 6.07) is 2.07. The minimum Gasteiger partial charge on any atom is -0.373 e. The van der Waals surface area contributed by atoms with E-state index < -0.39 is 11.7 Å². The first-order valence-electron chi connectivity index (χ1n) is 7.01. The van der Waals surface area contributed by atoms with Gasteiger partial charge < -0.3 is 10.6 Å². The Morgan fingerprint density at radius 2 is 1.62 bits per heavy atom. The van der Waals surface area contributed by atoms with E-state index in [1.54, 1.807) is 7.05 Å². The molecule has 118 valence electrons. The minimum absolute atomic E-state index is 0.188. The van der Waals surface area contributed by atoms with Crippen LogP contribution in [-0.4, -0.2) is 18.6 Å². The van der Waals surface area contributed by atoms with E-state index >= 15 is 0 Å². The van der Waals surface area contributed by atoms with Gasteiger partial charge in [-0.15, -0.1) is 0 Å². The topological polar surface area (TPSA) is 37.0 Å². The van der Waals surface area contributed by atoms with Crippen molar-refractivity contribution < 1.29 is 13.2 Å². The van der Waals surface area contributed by atoms with Crippen molar-refractivity contribution in [2.75, 3.05) is 24.2 Å². The van der Waals surface area contributed by atoms with Gasteiger partial charge in [-0.25, -0.2) is 4.98 Å². The molecule has 1 fully saturated rings. The highest BCUT2D eigenvalue weighted by Crippen LogP contribution is 2.68. The van der Waals surface area contributed by atoms with Gasteiger partial charge in [0.1, 0.15) is 11.6 Å². The molecule has 0 spiro atoms. The lowest BCUT2D eigenvalue weighted by molar-refractivity contribution is -0.137. The standard InChI is InChI=1S/C15H22F3N3/c1-13(2)10(14(13,3)4)8-20-12-7-9(15(16,17)18)6-11(19-5)21-12/h6-7,10H,8H2,1-5H3,(H2,19,20,21). The van der Waals surface area contributed by atoms with Gasteiger partial charge in [-0.05, 0) is 28.9 Å². The number of nitrogens with zero attached hydrogens (tertiary/aromatic N) is 1. The van der Waals surface area contributed by atoms with Crippen LogP contribution >= 0.6 is 0 Å². The van der Waals surface area contributed by atoms with Gasteiger partial charge in [0.15, 0.2) is 0 Å². The smallest absolute Gasteiger partial charge is 0.373 e. The van der Waals surface area contributed by atoms with Crippen LogP contribution in [0.4, 0.5) is 24.8 Å². The van der Waals surface area contributed by atoms with Crippen LogP contribution < -0.4 is 10.6 Å². The summed E-state index contributed by atoms with van der Waals surface area (Å²) in [5.74, 6) is 0.883. The van der Waals surface area contributed by atoms with Gasteiger partial charge in [0.2, 0.25) is 0 Å². The molecule has 0 amide bonds. The summed E-state index contributed by atoms with van der Waals surface area (Å²) in [6.45, 7) is 9.34. The largest absolute Gasteiger partial charge is 0.416 e. The van der Waals surface area contributed by atoms with Crippen molar-refractivity contribution in [1.29, 1.82) is 0 Å². The molecule has 1 aliphatic rings. The summed E-state index contributed by atoms with van der Waals surface area (Å²) in [7, 11) is 1.55. The normalized spacial score (nSPS) is 20.2. The molecule has 0 unspecified atom stereocenters. The van der Waals surface area contributed by atoms with Crippen LogP contribution in [-0.2, 0) is 6.18 Å². The molecule has 0 radical (unpaired) electrons. The molecular formula is C15H22F3N3. The van der Waals surface area contributed by atoms with E-state index in [1.165, 1.54) is 0 Å². The quantitative estimate of drug-likeness (QED) is 0.873. The third-order valence-electron chi connectivity index (χ3n) is 5.22. The average molecular weight is 301 g/mol. The Morgan fingerprint density at radius 1 is 1.10 bits per heavy atom. The number of alkyl halides is 3. The van der Waals surface area contributed by atoms with E-state index in [1.807, 2.05) is 0 Å². The monoisotopic (exact) mass is 301 g/mol. The molecular weight excluding hydrogens is 279 g/mol. The highest BCUT2D eigenvalue weighted by Gasteiger charge is 2.64. The molecule has 6 heteroatoms. The molecule has 0 aromatic carbocycles. The molecule has 21 heavy (non-hydrogen) atoms. The zero-order valence-corrected chi connectivity index (χ0v) is 13.0. The van der Waals surface area contributed by atoms with Crippen molar-refractivity contribution in [3.63, 3.8) is 0 Å². The second kappa shape index (κ2) is 4.78. The van der Waals surface area contributed by atoms with Crippen molar-refractivity contribution in [2.45, 2.75) is 33.9 Å². The lowest BCUT2D eigenvalue weighted by Gasteiger charge is -2.13. The first kappa shape index (κ1) is 15.9. The Labute approximate surface area is 123 Å². The van der Waals surface area contributed by atoms with Crippen LogP contribution in [0.5, 0.6) is 0 Å². The van der Waals surface area contributed by atoms with Gasteiger partial charge >= 0.3 is 6.18 Å². The maximum atomic E-state index is 12.9. The molecule has 2 rings (SSSR count). The van der Waals surface area contributed by atoms with E-state index in [0.29, 0.717) is 12.5 Å². The van der Waals surface area contributed by atoms with E-state index in [-0.39, 0.29) is 22.5 Å². The third-order valence-corrected chi connectivity index (χ3v) is 5.22. The number of hydrogen-bond donors (Lipinski definition) is 2. The van der Waals surface area contributed by atoms with Gasteiger partial charge in [-0.3, -0.25) is 0 Å². The average Bonchev–Trinajstić information content (AvgIpc) is 2.75. The number of rotatable bonds is 4. The molecule has 2 N–H and O–H groups in total. The third kappa shape index (κ3) is 2.80. The molecule has 0 aliphatic heterocycles. The Hall–Kier alpha value is -1.46. The van der Waals surface area contributed by atoms with Crippen LogP contribution in [0.25, 0.3) is 0 Å². The Bertz CT molecular complexity index is 521. The fourth-order valence-corrected chi connectivity index (χ4v) is 2.96. The highest BCUT2D eigenvalue weighted by molar-refractivity contribution is 5.49. The van der Waals surface area contributed by atoms with Crippen LogP contribution in [0.15, 0.2) is 12.1 Å². The number of hydrogen-bond acceptors (Lipinski definition) is 3. The van der Waals surface area contributed by atoms with Crippen LogP contribution in [0.2, 0.25) is 0 Å². The maximum absolute atomic E-state index is 12.9. The molecule has 0 bridgehead atoms. The number of anilines is 2. The van der Waals surface area contributed by atoms with Gasteiger partial charge in [-0.1, -0.05) is 27.7 Å². The predicted molar refractivity (Wildman–Crippen MR) is 78.3 cm³/mol. The summed E-state index contributed by atoms with van der Waals surface area (Å²) >= 11 is 0. The van der Waals surface area contributed by atoms with Gasteiger partial charge in [0.05, 0.1) is 5.56 Å². The molecule has 1 heterocycles. The van der Waals surface area contributed by atoms with Crippen molar-refractivity contribution >= 4 is 11.6 Å². The van der Waals surface area contributed by atoms with Crippen LogP contribution in [0.3, 0.4) is 0 Å². The zero-order valence-electron chi connectivity index (χ0n) is 13.0. The number of aromatic nitrogens is 1. The van der Waals surface area contributed by atoms with Crippen molar-refractivity contribution in [1.82, 2.24) is 4.98 Å². The van der Waals surface area contributed by atoms with Gasteiger partial charge in [-0.2, -0.15) is 13.2 Å². The number of halogens is 3. The van der Waals surface area contributed by atoms with E-state index in [4.69, 9.17) is 0 Å². The molecule has 1 saturated carbocycles. The number of pyridine rings is 1. The van der Waals surface area contributed by atoms with Crippen molar-refractivity contribution in [2.24, 2.45) is 16.7 Å². The lowest BCUT2D eigenvalue weighted by atomic mass is 10.0. The zero-order chi connectivity index (χ0) is 16.1. The summed E-state index contributed by atoms with van der Waals surface area (Å²) in [6.07, 6.45) is -4.37. The predicted octanol–water partition coefficient (Wildman–Crippen LogP) is 4.24. The summed E-state index contributed by atoms with van der Waals surface area (Å²) < 4.78 is 38.6. The number of nitrogens with one attached hydrogen (secondary N) is 2. The fourth-order valence-electron chi connectivity index (χ4n) is 2.96. The van der Waals surface area contributed by atoms with Crippen LogP contribution in [0, 0.1) is 16.7 Å². The highest BCUT2D eigenvalue weighted by atomic mass is 19.4. The van der Waals surface area contributed by atoms with E-state index in [9.17, 15) is 13.2 Å². The minimum atomic E-state index is -4.37. The summed E-state index contributed by atoms with van der Waals surface area (Å²) in [5, 5.41) is 5.72. The molecule has 1 aliphatic carbocycles. The molecule has 0 atom stereocenters.